The summed E-state index contributed by atoms with van der Waals surface area (Å²) < 4.78 is 8.14. The highest BCUT2D eigenvalue weighted by atomic mass is 79.9. The number of aryl methyl sites for hydroxylation is 1. The van der Waals surface area contributed by atoms with Gasteiger partial charge in [0.1, 0.15) is 11.8 Å². The number of aliphatic hydroxyl groups is 1. The van der Waals surface area contributed by atoms with E-state index in [4.69, 9.17) is 4.74 Å². The van der Waals surface area contributed by atoms with Crippen molar-refractivity contribution in [1.29, 1.82) is 0 Å². The molecule has 0 aromatic carbocycles. The third kappa shape index (κ3) is 2.46. The number of ether oxygens (including phenoxy) is 1. The monoisotopic (exact) mass is 317 g/mol. The quantitative estimate of drug-likeness (QED) is 0.926. The fraction of sp³-hybridized carbons (Fsp3) is 0.833. The molecule has 1 aromatic heterocycles. The molecule has 0 spiro atoms. The normalized spacial score (nSPS) is 20.9. The lowest BCUT2D eigenvalue weighted by molar-refractivity contribution is -0.144. The fourth-order valence-electron chi connectivity index (χ4n) is 2.81. The molecule has 1 aliphatic carbocycles. The first-order valence-corrected chi connectivity index (χ1v) is 7.27. The minimum atomic E-state index is -0.688. The van der Waals surface area contributed by atoms with Crippen molar-refractivity contribution in [3.8, 4) is 0 Å². The maximum absolute atomic E-state index is 10.7. The van der Waals surface area contributed by atoms with E-state index in [-0.39, 0.29) is 0 Å². The molecule has 0 amide bonds. The summed E-state index contributed by atoms with van der Waals surface area (Å²) in [7, 11) is 1.79. The van der Waals surface area contributed by atoms with Crippen molar-refractivity contribution in [2.24, 2.45) is 7.05 Å². The van der Waals surface area contributed by atoms with Crippen molar-refractivity contribution in [2.45, 2.75) is 50.7 Å². The molecule has 0 aliphatic heterocycles. The zero-order chi connectivity index (χ0) is 13.2. The SMILES string of the molecule is CCOC1(C(O)c2c(Br)nnn2C)CCCCC1. The zero-order valence-corrected chi connectivity index (χ0v) is 12.5. The van der Waals surface area contributed by atoms with Crippen LogP contribution in [0, 0.1) is 0 Å². The third-order valence-corrected chi connectivity index (χ3v) is 4.28. The molecule has 1 N–H and O–H groups in total. The maximum atomic E-state index is 10.7. The summed E-state index contributed by atoms with van der Waals surface area (Å²) in [6, 6.07) is 0. The van der Waals surface area contributed by atoms with Crippen LogP contribution in [0.5, 0.6) is 0 Å². The summed E-state index contributed by atoms with van der Waals surface area (Å²) in [5, 5.41) is 18.6. The molecule has 102 valence electrons. The van der Waals surface area contributed by atoms with Crippen LogP contribution in [0.2, 0.25) is 0 Å². The van der Waals surface area contributed by atoms with Crippen LogP contribution in [0.15, 0.2) is 4.60 Å². The largest absolute Gasteiger partial charge is 0.384 e. The second-order valence-electron chi connectivity index (χ2n) is 4.85. The van der Waals surface area contributed by atoms with Crippen molar-refractivity contribution < 1.29 is 9.84 Å². The first-order chi connectivity index (χ1) is 8.60. The van der Waals surface area contributed by atoms with Gasteiger partial charge in [-0.05, 0) is 35.7 Å². The Morgan fingerprint density at radius 3 is 2.61 bits per heavy atom. The molecule has 1 aromatic rings. The van der Waals surface area contributed by atoms with Crippen LogP contribution in [-0.4, -0.2) is 32.3 Å². The van der Waals surface area contributed by atoms with Gasteiger partial charge >= 0.3 is 0 Å². The summed E-state index contributed by atoms with van der Waals surface area (Å²) in [6.07, 6.45) is 4.50. The average Bonchev–Trinajstić information content (AvgIpc) is 2.70. The molecule has 5 nitrogen and oxygen atoms in total. The van der Waals surface area contributed by atoms with E-state index in [2.05, 4.69) is 26.2 Å². The number of nitrogens with zero attached hydrogens (tertiary/aromatic N) is 3. The Hall–Kier alpha value is -0.460. The molecule has 0 radical (unpaired) electrons. The Morgan fingerprint density at radius 1 is 1.44 bits per heavy atom. The van der Waals surface area contributed by atoms with Crippen LogP contribution in [0.4, 0.5) is 0 Å². The Balaban J connectivity index is 2.30. The minimum Gasteiger partial charge on any atom is -0.384 e. The number of aliphatic hydroxyl groups excluding tert-OH is 1. The molecule has 0 bridgehead atoms. The number of halogens is 1. The van der Waals surface area contributed by atoms with E-state index in [0.717, 1.165) is 25.7 Å². The summed E-state index contributed by atoms with van der Waals surface area (Å²) in [5.74, 6) is 0. The highest BCUT2D eigenvalue weighted by Gasteiger charge is 2.43. The standard InChI is InChI=1S/C12H20BrN3O2/c1-3-18-12(7-5-4-6-8-12)10(17)9-11(13)14-15-16(9)2/h10,17H,3-8H2,1-2H3. The predicted molar refractivity (Wildman–Crippen MR) is 71.1 cm³/mol. The molecule has 1 unspecified atom stereocenters. The van der Waals surface area contributed by atoms with Gasteiger partial charge in [-0.15, -0.1) is 5.10 Å². The molecular weight excluding hydrogens is 298 g/mol. The van der Waals surface area contributed by atoms with Gasteiger partial charge < -0.3 is 9.84 Å². The van der Waals surface area contributed by atoms with E-state index in [1.165, 1.54) is 6.42 Å². The molecule has 6 heteroatoms. The van der Waals surface area contributed by atoms with Gasteiger partial charge in [0, 0.05) is 13.7 Å². The topological polar surface area (TPSA) is 60.2 Å². The molecule has 2 rings (SSSR count). The lowest BCUT2D eigenvalue weighted by Crippen LogP contribution is -2.42. The lowest BCUT2D eigenvalue weighted by atomic mass is 9.79. The Morgan fingerprint density at radius 2 is 2.11 bits per heavy atom. The van der Waals surface area contributed by atoms with Gasteiger partial charge in [-0.2, -0.15) is 0 Å². The van der Waals surface area contributed by atoms with Crippen molar-refractivity contribution in [1.82, 2.24) is 15.0 Å². The van der Waals surface area contributed by atoms with Gasteiger partial charge in [-0.1, -0.05) is 24.5 Å². The number of rotatable bonds is 4. The second kappa shape index (κ2) is 5.67. The molecule has 1 atom stereocenters. The van der Waals surface area contributed by atoms with Crippen LogP contribution in [0.25, 0.3) is 0 Å². The predicted octanol–water partition coefficient (Wildman–Crippen LogP) is 2.35. The van der Waals surface area contributed by atoms with Gasteiger partial charge in [0.2, 0.25) is 0 Å². The Labute approximate surface area is 116 Å². The van der Waals surface area contributed by atoms with Gasteiger partial charge in [-0.3, -0.25) is 0 Å². The van der Waals surface area contributed by atoms with E-state index in [0.29, 0.717) is 16.9 Å². The van der Waals surface area contributed by atoms with Gasteiger partial charge in [0.05, 0.1) is 5.60 Å². The van der Waals surface area contributed by atoms with E-state index >= 15 is 0 Å². The van der Waals surface area contributed by atoms with Crippen molar-refractivity contribution in [3.63, 3.8) is 0 Å². The molecule has 1 heterocycles. The smallest absolute Gasteiger partial charge is 0.154 e. The third-order valence-electron chi connectivity index (χ3n) is 3.72. The summed E-state index contributed by atoms with van der Waals surface area (Å²) >= 11 is 3.35. The van der Waals surface area contributed by atoms with Crippen LogP contribution in [0.3, 0.4) is 0 Å². The van der Waals surface area contributed by atoms with Crippen LogP contribution < -0.4 is 0 Å². The summed E-state index contributed by atoms with van der Waals surface area (Å²) in [4.78, 5) is 0. The van der Waals surface area contributed by atoms with Crippen LogP contribution in [-0.2, 0) is 11.8 Å². The second-order valence-corrected chi connectivity index (χ2v) is 5.60. The summed E-state index contributed by atoms with van der Waals surface area (Å²) in [5.41, 5.74) is 0.218. The van der Waals surface area contributed by atoms with Gasteiger partial charge in [-0.25, -0.2) is 4.68 Å². The summed E-state index contributed by atoms with van der Waals surface area (Å²) in [6.45, 7) is 2.58. The zero-order valence-electron chi connectivity index (χ0n) is 10.9. The average molecular weight is 318 g/mol. The fourth-order valence-corrected chi connectivity index (χ4v) is 3.36. The Kier molecular flexibility index (Phi) is 4.40. The van der Waals surface area contributed by atoms with E-state index < -0.39 is 11.7 Å². The molecule has 1 fully saturated rings. The van der Waals surface area contributed by atoms with E-state index in [1.54, 1.807) is 11.7 Å². The molecular formula is C12H20BrN3O2. The minimum absolute atomic E-state index is 0.481. The van der Waals surface area contributed by atoms with Crippen molar-refractivity contribution >= 4 is 15.9 Å². The Bertz CT molecular complexity index is 377. The highest BCUT2D eigenvalue weighted by molar-refractivity contribution is 9.10. The van der Waals surface area contributed by atoms with Crippen molar-refractivity contribution in [2.75, 3.05) is 6.61 Å². The first kappa shape index (κ1) is 14.0. The molecule has 18 heavy (non-hydrogen) atoms. The van der Waals surface area contributed by atoms with E-state index in [1.807, 2.05) is 6.92 Å². The van der Waals surface area contributed by atoms with Crippen molar-refractivity contribution in [3.05, 3.63) is 10.3 Å². The lowest BCUT2D eigenvalue weighted by Gasteiger charge is -2.40. The van der Waals surface area contributed by atoms with Crippen LogP contribution in [0.1, 0.15) is 50.8 Å². The molecule has 1 saturated carbocycles. The number of hydrogen-bond donors (Lipinski definition) is 1. The van der Waals surface area contributed by atoms with Gasteiger partial charge in [0.25, 0.3) is 0 Å². The molecule has 1 aliphatic rings. The molecule has 0 saturated heterocycles. The highest BCUT2D eigenvalue weighted by Crippen LogP contribution is 2.42. The first-order valence-electron chi connectivity index (χ1n) is 6.48. The number of hydrogen-bond acceptors (Lipinski definition) is 4. The van der Waals surface area contributed by atoms with Gasteiger partial charge in [0.15, 0.2) is 4.60 Å². The maximum Gasteiger partial charge on any atom is 0.154 e. The number of aromatic nitrogens is 3. The van der Waals surface area contributed by atoms with E-state index in [9.17, 15) is 5.11 Å². The van der Waals surface area contributed by atoms with Crippen LogP contribution >= 0.6 is 15.9 Å².